The Morgan fingerprint density at radius 1 is 0.969 bits per heavy atom. The molecule has 3 aliphatic rings. The number of nitrogens with one attached hydrogen (secondary N) is 1. The number of nitrogens with zero attached hydrogens (tertiary/aromatic N) is 4. The molecule has 3 heterocycles. The van der Waals surface area contributed by atoms with Crippen molar-refractivity contribution in [1.29, 1.82) is 0 Å². The zero-order chi connectivity index (χ0) is 22.3. The second-order valence-electron chi connectivity index (χ2n) is 8.46. The van der Waals surface area contributed by atoms with Crippen molar-refractivity contribution in [3.8, 4) is 11.8 Å². The van der Waals surface area contributed by atoms with Crippen molar-refractivity contribution in [1.82, 2.24) is 20.0 Å². The van der Waals surface area contributed by atoms with Gasteiger partial charge in [-0.05, 0) is 18.2 Å². The molecule has 0 unspecified atom stereocenters. The number of hydrogen-bond acceptors (Lipinski definition) is 5. The molecule has 0 radical (unpaired) electrons. The SMILES string of the molecule is O=C1CCN(c2cccc(C#CCCN3CCN(C(=O)N4CCNCC4)CC3)c2)C(=O)C1. The van der Waals surface area contributed by atoms with E-state index in [1.165, 1.54) is 0 Å². The summed E-state index contributed by atoms with van der Waals surface area (Å²) in [6.45, 7) is 7.96. The largest absolute Gasteiger partial charge is 0.322 e. The lowest BCUT2D eigenvalue weighted by Gasteiger charge is -2.38. The third-order valence-corrected chi connectivity index (χ3v) is 6.24. The van der Waals surface area contributed by atoms with Crippen molar-refractivity contribution in [3.05, 3.63) is 29.8 Å². The van der Waals surface area contributed by atoms with Crippen LogP contribution in [0.2, 0.25) is 0 Å². The van der Waals surface area contributed by atoms with Gasteiger partial charge in [0, 0.05) is 89.5 Å². The number of benzene rings is 1. The zero-order valence-electron chi connectivity index (χ0n) is 18.5. The fourth-order valence-corrected chi connectivity index (χ4v) is 4.34. The number of amides is 3. The summed E-state index contributed by atoms with van der Waals surface area (Å²) >= 11 is 0. The number of hydrogen-bond donors (Lipinski definition) is 1. The van der Waals surface area contributed by atoms with Gasteiger partial charge < -0.3 is 20.0 Å². The summed E-state index contributed by atoms with van der Waals surface area (Å²) in [5.74, 6) is 6.31. The van der Waals surface area contributed by atoms with Crippen LogP contribution in [0.1, 0.15) is 24.8 Å². The Morgan fingerprint density at radius 3 is 2.47 bits per heavy atom. The molecule has 8 nitrogen and oxygen atoms in total. The second-order valence-corrected chi connectivity index (χ2v) is 8.46. The molecule has 0 aliphatic carbocycles. The molecular weight excluding hydrogens is 406 g/mol. The highest BCUT2D eigenvalue weighted by Gasteiger charge is 2.26. The summed E-state index contributed by atoms with van der Waals surface area (Å²) in [5, 5.41) is 3.28. The fourth-order valence-electron chi connectivity index (χ4n) is 4.34. The van der Waals surface area contributed by atoms with Crippen LogP contribution in [0.15, 0.2) is 24.3 Å². The van der Waals surface area contributed by atoms with E-state index in [9.17, 15) is 14.4 Å². The monoisotopic (exact) mass is 437 g/mol. The number of urea groups is 1. The molecular formula is C24H31N5O3. The molecule has 1 aromatic carbocycles. The lowest BCUT2D eigenvalue weighted by atomic mass is 10.1. The first-order valence-electron chi connectivity index (χ1n) is 11.5. The molecule has 3 amide bonds. The summed E-state index contributed by atoms with van der Waals surface area (Å²) in [4.78, 5) is 44.1. The Bertz CT molecular complexity index is 908. The standard InChI is InChI=1S/C24H31N5O3/c30-22-7-11-29(23(31)19-22)21-6-3-5-20(18-21)4-1-2-10-26-14-16-28(17-15-26)24(32)27-12-8-25-9-13-27/h3,5-6,18,25H,2,7-17,19H2. The Labute approximate surface area is 189 Å². The van der Waals surface area contributed by atoms with E-state index in [-0.39, 0.29) is 24.1 Å². The van der Waals surface area contributed by atoms with Gasteiger partial charge in [-0.1, -0.05) is 17.9 Å². The highest BCUT2D eigenvalue weighted by atomic mass is 16.2. The van der Waals surface area contributed by atoms with E-state index in [0.717, 1.165) is 76.6 Å². The molecule has 8 heteroatoms. The zero-order valence-corrected chi connectivity index (χ0v) is 18.5. The number of anilines is 1. The minimum Gasteiger partial charge on any atom is -0.322 e. The number of Topliss-reactive ketones (excluding diaryl/α,β-unsaturated/α-hetero) is 1. The van der Waals surface area contributed by atoms with E-state index in [1.807, 2.05) is 34.1 Å². The first-order valence-corrected chi connectivity index (χ1v) is 11.5. The number of rotatable bonds is 3. The van der Waals surface area contributed by atoms with Crippen molar-refractivity contribution in [3.63, 3.8) is 0 Å². The molecule has 3 aliphatic heterocycles. The van der Waals surface area contributed by atoms with Crippen LogP contribution < -0.4 is 10.2 Å². The van der Waals surface area contributed by atoms with E-state index < -0.39 is 0 Å². The number of piperazine rings is 2. The van der Waals surface area contributed by atoms with Crippen LogP contribution in [0.4, 0.5) is 10.5 Å². The maximum Gasteiger partial charge on any atom is 0.320 e. The maximum absolute atomic E-state index is 12.6. The van der Waals surface area contributed by atoms with E-state index in [0.29, 0.717) is 13.0 Å². The predicted octanol–water partition coefficient (Wildman–Crippen LogP) is 0.767. The molecule has 0 spiro atoms. The van der Waals surface area contributed by atoms with Crippen molar-refractivity contribution in [2.45, 2.75) is 19.3 Å². The average Bonchev–Trinajstić information content (AvgIpc) is 2.82. The van der Waals surface area contributed by atoms with Crippen LogP contribution in [0.3, 0.4) is 0 Å². The van der Waals surface area contributed by atoms with Crippen LogP contribution in [0.5, 0.6) is 0 Å². The highest BCUT2D eigenvalue weighted by Crippen LogP contribution is 2.20. The lowest BCUT2D eigenvalue weighted by molar-refractivity contribution is -0.128. The van der Waals surface area contributed by atoms with Crippen molar-refractivity contribution >= 4 is 23.4 Å². The molecule has 0 aromatic heterocycles. The normalized spacial score (nSPS) is 20.2. The quantitative estimate of drug-likeness (QED) is 0.558. The summed E-state index contributed by atoms with van der Waals surface area (Å²) in [6.07, 6.45) is 1.16. The van der Waals surface area contributed by atoms with E-state index in [4.69, 9.17) is 0 Å². The number of ketones is 1. The van der Waals surface area contributed by atoms with Gasteiger partial charge in [-0.2, -0.15) is 0 Å². The summed E-state index contributed by atoms with van der Waals surface area (Å²) in [5.41, 5.74) is 1.68. The first kappa shape index (κ1) is 22.3. The topological polar surface area (TPSA) is 76.2 Å². The van der Waals surface area contributed by atoms with Gasteiger partial charge in [-0.25, -0.2) is 4.79 Å². The van der Waals surface area contributed by atoms with Crippen LogP contribution >= 0.6 is 0 Å². The Kier molecular flexibility index (Phi) is 7.40. The minimum absolute atomic E-state index is 0.00992. The minimum atomic E-state index is -0.138. The van der Waals surface area contributed by atoms with Gasteiger partial charge in [0.2, 0.25) is 5.91 Å². The third kappa shape index (κ3) is 5.67. The number of carbonyl (C=O) groups excluding carboxylic acids is 3. The second kappa shape index (κ2) is 10.6. The smallest absolute Gasteiger partial charge is 0.320 e. The van der Waals surface area contributed by atoms with E-state index >= 15 is 0 Å². The lowest BCUT2D eigenvalue weighted by Crippen LogP contribution is -2.56. The van der Waals surface area contributed by atoms with Crippen LogP contribution in [0.25, 0.3) is 0 Å². The van der Waals surface area contributed by atoms with Gasteiger partial charge in [0.1, 0.15) is 5.78 Å². The predicted molar refractivity (Wildman–Crippen MR) is 122 cm³/mol. The summed E-state index contributed by atoms with van der Waals surface area (Å²) in [7, 11) is 0. The van der Waals surface area contributed by atoms with Crippen LogP contribution in [0, 0.1) is 11.8 Å². The maximum atomic E-state index is 12.6. The van der Waals surface area contributed by atoms with Crippen molar-refractivity contribution in [2.24, 2.45) is 0 Å². The van der Waals surface area contributed by atoms with E-state index in [1.54, 1.807) is 4.90 Å². The molecule has 1 N–H and O–H groups in total. The summed E-state index contributed by atoms with van der Waals surface area (Å²) < 4.78 is 0. The molecule has 32 heavy (non-hydrogen) atoms. The molecule has 4 rings (SSSR count). The van der Waals surface area contributed by atoms with E-state index in [2.05, 4.69) is 22.1 Å². The van der Waals surface area contributed by atoms with Gasteiger partial charge >= 0.3 is 6.03 Å². The van der Waals surface area contributed by atoms with Crippen LogP contribution in [-0.2, 0) is 9.59 Å². The highest BCUT2D eigenvalue weighted by molar-refractivity contribution is 6.08. The van der Waals surface area contributed by atoms with Gasteiger partial charge in [0.25, 0.3) is 0 Å². The Morgan fingerprint density at radius 2 is 1.72 bits per heavy atom. The number of carbonyl (C=O) groups is 3. The first-order chi connectivity index (χ1) is 15.6. The molecule has 0 bridgehead atoms. The van der Waals surface area contributed by atoms with Crippen molar-refractivity contribution < 1.29 is 14.4 Å². The van der Waals surface area contributed by atoms with Crippen molar-refractivity contribution in [2.75, 3.05) is 70.3 Å². The number of piperidine rings is 1. The fraction of sp³-hybridized carbons (Fsp3) is 0.542. The molecule has 170 valence electrons. The Hall–Kier alpha value is -2.89. The molecule has 1 aromatic rings. The van der Waals surface area contributed by atoms with Gasteiger partial charge in [0.05, 0.1) is 6.42 Å². The molecule has 0 atom stereocenters. The third-order valence-electron chi connectivity index (χ3n) is 6.24. The average molecular weight is 438 g/mol. The van der Waals surface area contributed by atoms with Gasteiger partial charge in [0.15, 0.2) is 0 Å². The molecule has 3 fully saturated rings. The van der Waals surface area contributed by atoms with Gasteiger partial charge in [-0.15, -0.1) is 0 Å². The molecule has 0 saturated carbocycles. The Balaban J connectivity index is 1.22. The summed E-state index contributed by atoms with van der Waals surface area (Å²) in [6, 6.07) is 7.82. The molecule has 3 saturated heterocycles. The van der Waals surface area contributed by atoms with Gasteiger partial charge in [-0.3, -0.25) is 14.5 Å². The van der Waals surface area contributed by atoms with Crippen LogP contribution in [-0.4, -0.2) is 97.9 Å².